The third-order valence-electron chi connectivity index (χ3n) is 5.31. The van der Waals surface area contributed by atoms with E-state index in [0.29, 0.717) is 25.4 Å². The average molecular weight is 465 g/mol. The van der Waals surface area contributed by atoms with Gasteiger partial charge in [-0.1, -0.05) is 0 Å². The Hall–Kier alpha value is -2.01. The molecule has 0 aromatic heterocycles. The van der Waals surface area contributed by atoms with Crippen LogP contribution in [0, 0.1) is 11.8 Å². The Kier molecular flexibility index (Phi) is 6.48. The number of halogens is 3. The predicted octanol–water partition coefficient (Wildman–Crippen LogP) is 3.90. The molecule has 2 aliphatic rings. The molecule has 1 heterocycles. The largest absolute Gasteiger partial charge is 0.573 e. The van der Waals surface area contributed by atoms with E-state index in [0.717, 1.165) is 37.1 Å². The highest BCUT2D eigenvalue weighted by Crippen LogP contribution is 2.43. The summed E-state index contributed by atoms with van der Waals surface area (Å²) < 4.78 is 73.6. The number of hydrogen-bond donors (Lipinski definition) is 1. The molecule has 1 aliphatic heterocycles. The van der Waals surface area contributed by atoms with Gasteiger partial charge in [0.1, 0.15) is 11.4 Å². The van der Waals surface area contributed by atoms with Crippen LogP contribution in [-0.2, 0) is 14.8 Å². The zero-order valence-electron chi connectivity index (χ0n) is 17.6. The number of likely N-dealkylation sites (tertiary alicyclic amines) is 1. The first-order valence-electron chi connectivity index (χ1n) is 10.1. The molecule has 1 saturated carbocycles. The second-order valence-electron chi connectivity index (χ2n) is 8.95. The van der Waals surface area contributed by atoms with Crippen LogP contribution >= 0.6 is 0 Å². The molecule has 11 heteroatoms. The summed E-state index contributed by atoms with van der Waals surface area (Å²) in [7, 11) is -3.84. The zero-order chi connectivity index (χ0) is 23.0. The molecule has 0 unspecified atom stereocenters. The molecule has 1 aromatic carbocycles. The summed E-state index contributed by atoms with van der Waals surface area (Å²) in [5, 5.41) is 0. The van der Waals surface area contributed by atoms with E-state index in [4.69, 9.17) is 4.74 Å². The van der Waals surface area contributed by atoms with Crippen LogP contribution in [0.1, 0.15) is 40.0 Å². The molecular formula is C20H27F3N2O5S. The van der Waals surface area contributed by atoms with E-state index >= 15 is 0 Å². The van der Waals surface area contributed by atoms with Crippen molar-refractivity contribution in [1.29, 1.82) is 0 Å². The monoisotopic (exact) mass is 464 g/mol. The molecule has 7 nitrogen and oxygen atoms in total. The summed E-state index contributed by atoms with van der Waals surface area (Å²) in [5.74, 6) is 0.00448. The highest BCUT2D eigenvalue weighted by molar-refractivity contribution is 7.89. The number of amides is 1. The molecule has 31 heavy (non-hydrogen) atoms. The van der Waals surface area contributed by atoms with Gasteiger partial charge in [0.25, 0.3) is 0 Å². The number of alkyl halides is 3. The highest BCUT2D eigenvalue weighted by atomic mass is 32.2. The number of sulfonamides is 1. The first-order valence-corrected chi connectivity index (χ1v) is 11.6. The van der Waals surface area contributed by atoms with Gasteiger partial charge in [-0.3, -0.25) is 0 Å². The maximum Gasteiger partial charge on any atom is 0.573 e. The molecule has 2 fully saturated rings. The Labute approximate surface area is 179 Å². The van der Waals surface area contributed by atoms with Crippen molar-refractivity contribution in [3.63, 3.8) is 0 Å². The normalized spacial score (nSPS) is 22.8. The lowest BCUT2D eigenvalue weighted by atomic mass is 9.92. The molecule has 1 N–H and O–H groups in total. The van der Waals surface area contributed by atoms with Gasteiger partial charge in [0.2, 0.25) is 10.0 Å². The van der Waals surface area contributed by atoms with Gasteiger partial charge >= 0.3 is 12.5 Å². The van der Waals surface area contributed by atoms with Gasteiger partial charge in [-0.25, -0.2) is 17.9 Å². The van der Waals surface area contributed by atoms with Crippen LogP contribution in [0.5, 0.6) is 5.75 Å². The third kappa shape index (κ3) is 6.73. The predicted molar refractivity (Wildman–Crippen MR) is 106 cm³/mol. The van der Waals surface area contributed by atoms with Crippen LogP contribution < -0.4 is 9.46 Å². The fourth-order valence-corrected chi connectivity index (χ4v) is 5.10. The van der Waals surface area contributed by atoms with E-state index in [1.807, 2.05) is 20.8 Å². The molecule has 3 rings (SSSR count). The Morgan fingerprint density at radius 2 is 1.68 bits per heavy atom. The lowest BCUT2D eigenvalue weighted by Crippen LogP contribution is -2.42. The number of hydrogen-bond acceptors (Lipinski definition) is 5. The van der Waals surface area contributed by atoms with E-state index < -0.39 is 27.7 Å². The first-order chi connectivity index (χ1) is 14.2. The summed E-state index contributed by atoms with van der Waals surface area (Å²) in [6.45, 7) is 6.58. The van der Waals surface area contributed by atoms with Gasteiger partial charge in [0.15, 0.2) is 0 Å². The number of benzene rings is 1. The maximum absolute atomic E-state index is 12.5. The lowest BCUT2D eigenvalue weighted by Gasteiger charge is -2.33. The number of carbonyl (C=O) groups is 1. The maximum atomic E-state index is 12.5. The lowest BCUT2D eigenvalue weighted by molar-refractivity contribution is -0.274. The minimum absolute atomic E-state index is 0.118. The molecule has 1 aliphatic carbocycles. The van der Waals surface area contributed by atoms with E-state index in [1.165, 1.54) is 0 Å². The minimum atomic E-state index is -4.83. The average Bonchev–Trinajstić information content (AvgIpc) is 3.38. The Morgan fingerprint density at radius 1 is 1.10 bits per heavy atom. The quantitative estimate of drug-likeness (QED) is 0.715. The van der Waals surface area contributed by atoms with Gasteiger partial charge in [0, 0.05) is 19.1 Å². The summed E-state index contributed by atoms with van der Waals surface area (Å²) in [4.78, 5) is 13.7. The number of carbonyl (C=O) groups excluding carboxylic acids is 1. The molecule has 1 aromatic rings. The Bertz CT molecular complexity index is 889. The van der Waals surface area contributed by atoms with Crippen molar-refractivity contribution in [2.24, 2.45) is 11.8 Å². The van der Waals surface area contributed by atoms with Crippen molar-refractivity contribution < 1.29 is 35.9 Å². The Balaban J connectivity index is 1.49. The van der Waals surface area contributed by atoms with Crippen LogP contribution in [0.3, 0.4) is 0 Å². The summed E-state index contributed by atoms with van der Waals surface area (Å²) in [6, 6.07) is 3.90. The van der Waals surface area contributed by atoms with Crippen molar-refractivity contribution in [2.45, 2.75) is 62.9 Å². The van der Waals surface area contributed by atoms with Crippen LogP contribution in [0.4, 0.5) is 18.0 Å². The van der Waals surface area contributed by atoms with Gasteiger partial charge < -0.3 is 14.4 Å². The first kappa shape index (κ1) is 23.6. The van der Waals surface area contributed by atoms with Crippen molar-refractivity contribution in [3.8, 4) is 5.75 Å². The van der Waals surface area contributed by atoms with Crippen LogP contribution in [0.2, 0.25) is 0 Å². The standard InChI is InChI=1S/C20H27F3N2O5S/c1-19(2,3)30-18(26)25-10-8-13(9-11-25)16-12-17(16)24-31(27,28)15-6-4-14(5-7-15)29-20(21,22)23/h4-7,13,16-17,24H,8-12H2,1-3H3/t16-,17+/m0/s1. The smallest absolute Gasteiger partial charge is 0.444 e. The van der Waals surface area contributed by atoms with E-state index in [9.17, 15) is 26.4 Å². The number of ether oxygens (including phenoxy) is 2. The molecule has 1 saturated heterocycles. The van der Waals surface area contributed by atoms with Crippen molar-refractivity contribution in [3.05, 3.63) is 24.3 Å². The fourth-order valence-electron chi connectivity index (χ4n) is 3.80. The van der Waals surface area contributed by atoms with E-state index in [2.05, 4.69) is 9.46 Å². The molecule has 0 bridgehead atoms. The van der Waals surface area contributed by atoms with E-state index in [1.54, 1.807) is 4.90 Å². The Morgan fingerprint density at radius 3 is 2.19 bits per heavy atom. The van der Waals surface area contributed by atoms with Crippen LogP contribution in [0.15, 0.2) is 29.2 Å². The number of nitrogens with zero attached hydrogens (tertiary/aromatic N) is 1. The topological polar surface area (TPSA) is 84.9 Å². The SMILES string of the molecule is CC(C)(C)OC(=O)N1CCC([C@@H]2C[C@H]2NS(=O)(=O)c2ccc(OC(F)(F)F)cc2)CC1. The van der Waals surface area contributed by atoms with Crippen molar-refractivity contribution in [1.82, 2.24) is 9.62 Å². The third-order valence-corrected chi connectivity index (χ3v) is 6.82. The van der Waals surface area contributed by atoms with Crippen LogP contribution in [-0.4, -0.2) is 50.5 Å². The molecule has 0 radical (unpaired) electrons. The molecule has 0 spiro atoms. The van der Waals surface area contributed by atoms with Gasteiger partial charge in [-0.15, -0.1) is 13.2 Å². The second-order valence-corrected chi connectivity index (χ2v) is 10.7. The zero-order valence-corrected chi connectivity index (χ0v) is 18.4. The van der Waals surface area contributed by atoms with Crippen molar-refractivity contribution >= 4 is 16.1 Å². The fraction of sp³-hybridized carbons (Fsp3) is 0.650. The van der Waals surface area contributed by atoms with E-state index in [-0.39, 0.29) is 22.9 Å². The van der Waals surface area contributed by atoms with Gasteiger partial charge in [0.05, 0.1) is 4.90 Å². The summed E-state index contributed by atoms with van der Waals surface area (Å²) >= 11 is 0. The van der Waals surface area contributed by atoms with Crippen molar-refractivity contribution in [2.75, 3.05) is 13.1 Å². The molecule has 2 atom stereocenters. The molecule has 174 valence electrons. The molecular weight excluding hydrogens is 437 g/mol. The summed E-state index contributed by atoms with van der Waals surface area (Å²) in [5.41, 5.74) is -0.551. The molecule has 1 amide bonds. The number of rotatable bonds is 5. The van der Waals surface area contributed by atoms with Crippen LogP contribution in [0.25, 0.3) is 0 Å². The summed E-state index contributed by atoms with van der Waals surface area (Å²) in [6.07, 6.45) is -2.93. The van der Waals surface area contributed by atoms with Gasteiger partial charge in [-0.2, -0.15) is 0 Å². The number of nitrogens with one attached hydrogen (secondary N) is 1. The minimum Gasteiger partial charge on any atom is -0.444 e. The number of piperidine rings is 1. The highest BCUT2D eigenvalue weighted by Gasteiger charge is 2.46. The van der Waals surface area contributed by atoms with Gasteiger partial charge in [-0.05, 0) is 76.1 Å². The second kappa shape index (κ2) is 8.50.